The largest absolute Gasteiger partial charge is 0 e. The minimum atomic E-state index is 0. The van der Waals surface area contributed by atoms with Gasteiger partial charge in [-0.05, 0) is 0 Å². The molecule has 0 bridgehead atoms. The molecule has 0 aliphatic rings. The van der Waals surface area contributed by atoms with Crippen molar-refractivity contribution in [2.24, 2.45) is 0 Å². The Bertz CT molecular complexity index is 19.7. The third kappa shape index (κ3) is 35.9. The maximum absolute atomic E-state index is 2.06. The van der Waals surface area contributed by atoms with Gasteiger partial charge in [0.05, 0.1) is 0 Å². The molecule has 0 amide bonds. The summed E-state index contributed by atoms with van der Waals surface area (Å²) in [5.41, 5.74) is 0. The van der Waals surface area contributed by atoms with Crippen molar-refractivity contribution in [3.63, 3.8) is 0 Å². The maximum atomic E-state index is 2.06. The van der Waals surface area contributed by atoms with Crippen molar-refractivity contribution < 1.29 is 148 Å². The van der Waals surface area contributed by atoms with Gasteiger partial charge >= 0.3 is 25.2 Å². The molecule has 0 aromatic rings. The van der Waals surface area contributed by atoms with Crippen LogP contribution in [0.3, 0.4) is 0 Å². The Kier molecular flexibility index (Phi) is 258. The molecule has 0 aliphatic heterocycles. The molecule has 0 rings (SSSR count). The molecule has 0 aromatic heterocycles. The molecule has 0 atom stereocenters. The van der Waals surface area contributed by atoms with E-state index in [1.807, 2.05) is 0 Å². The molecule has 0 unspecified atom stereocenters. The van der Waals surface area contributed by atoms with Gasteiger partial charge in [-0.25, -0.2) is 0 Å². The monoisotopic (exact) mass is 737 g/mol. The molecule has 0 saturated heterocycles. The first-order valence-electron chi connectivity index (χ1n) is 0.378. The van der Waals surface area contributed by atoms with E-state index in [0.29, 0.717) is 0 Å². The van der Waals surface area contributed by atoms with E-state index in [4.69, 9.17) is 0 Å². The Balaban J connectivity index is -0.000000000500. The van der Waals surface area contributed by atoms with Crippen LogP contribution in [-0.2, 0) is 107 Å². The van der Waals surface area contributed by atoms with Crippen LogP contribution in [0.4, 0.5) is 0 Å². The Morgan fingerprint density at radius 1 is 1.14 bits per heavy atom. The summed E-state index contributed by atoms with van der Waals surface area (Å²) in [6.07, 6.45) is 2.06. The van der Waals surface area contributed by atoms with Crippen LogP contribution in [0.25, 0.3) is 0 Å². The topological polar surface area (TPSA) is 0 Å². The summed E-state index contributed by atoms with van der Waals surface area (Å²) in [5, 5.41) is 0. The summed E-state index contributed by atoms with van der Waals surface area (Å²) in [6.45, 7) is 0. The predicted molar refractivity (Wildman–Crippen MR) is 8.54 cm³/mol. The van der Waals surface area contributed by atoms with Crippen molar-refractivity contribution >= 4 is 6.20 Å². The summed E-state index contributed by atoms with van der Waals surface area (Å²) in [6, 6.07) is 0. The van der Waals surface area contributed by atoms with E-state index in [9.17, 15) is 0 Å². The van der Waals surface area contributed by atoms with Gasteiger partial charge < -0.3 is 0 Å². The normalized spacial score (nSPS) is 0.714. The maximum Gasteiger partial charge on any atom is 0 e. The van der Waals surface area contributed by atoms with E-state index in [2.05, 4.69) is 6.20 Å². The van der Waals surface area contributed by atoms with E-state index >= 15 is 0 Å². The molecule has 44 valence electrons. The zero-order valence-electron chi connectivity index (χ0n) is 3.51. The van der Waals surface area contributed by atoms with E-state index < -0.39 is 0 Å². The average molecular weight is 738 g/mol. The summed E-state index contributed by atoms with van der Waals surface area (Å²) in [4.78, 5) is 0. The standard InChI is InChI=1S/BH2.Co.Cr.Nd.Pt.Re.Y/h1H2;;;;;;/q+1;;;;;-1;. The Morgan fingerprint density at radius 3 is 1.14 bits per heavy atom. The number of hydrogen-bond acceptors (Lipinski definition) is 0. The number of hydrogen-bond donors (Lipinski definition) is 0. The molecule has 7 heteroatoms. The number of rotatable bonds is 0. The van der Waals surface area contributed by atoms with Crippen molar-refractivity contribution in [1.82, 2.24) is 0 Å². The van der Waals surface area contributed by atoms with Crippen molar-refractivity contribution in [2.45, 2.75) is 0 Å². The summed E-state index contributed by atoms with van der Waals surface area (Å²) >= 11 is 1.72. The average Bonchev–Trinajstić information content (AvgIpc) is 1.00. The van der Waals surface area contributed by atoms with Crippen LogP contribution in [-0.4, -0.2) is 6.20 Å². The molecule has 0 saturated carbocycles. The zero-order valence-corrected chi connectivity index (χ0v) is 16.9. The van der Waals surface area contributed by atoms with Gasteiger partial charge in [0.25, 0.3) is 0 Å². The van der Waals surface area contributed by atoms with Crippen LogP contribution in [0.5, 0.6) is 0 Å². The van der Waals surface area contributed by atoms with Crippen molar-refractivity contribution in [3.05, 3.63) is 0 Å². The molecule has 0 aliphatic carbocycles. The van der Waals surface area contributed by atoms with E-state index in [1.54, 1.807) is 19.0 Å². The van der Waals surface area contributed by atoms with Crippen molar-refractivity contribution in [1.29, 1.82) is 0 Å². The molecule has 0 spiro atoms. The fourth-order valence-electron chi connectivity index (χ4n) is 0. The second kappa shape index (κ2) is 44.4. The van der Waals surface area contributed by atoms with Crippen LogP contribution < -0.4 is 0 Å². The Labute approximate surface area is 150 Å². The molecule has 2 radical (unpaired) electrons. The van der Waals surface area contributed by atoms with Gasteiger partial charge in [-0.2, -0.15) is 0 Å². The van der Waals surface area contributed by atoms with Crippen LogP contribution in [0, 0.1) is 40.8 Å². The van der Waals surface area contributed by atoms with Gasteiger partial charge in [-0.3, -0.25) is 0 Å². The third-order valence-corrected chi connectivity index (χ3v) is 0. The molecule has 0 nitrogen and oxygen atoms in total. The minimum absolute atomic E-state index is 0. The molecule has 0 aromatic carbocycles. The van der Waals surface area contributed by atoms with Crippen molar-refractivity contribution in [2.75, 3.05) is 0 Å². The van der Waals surface area contributed by atoms with Gasteiger partial charge in [0, 0.05) is 129 Å². The van der Waals surface area contributed by atoms with E-state index in [-0.39, 0.29) is 129 Å². The van der Waals surface area contributed by atoms with Gasteiger partial charge in [-0.1, -0.05) is 0 Å². The summed E-state index contributed by atoms with van der Waals surface area (Å²) < 4.78 is 0. The minimum Gasteiger partial charge on any atom is 0 e. The quantitative estimate of drug-likeness (QED) is 0.283. The molecule has 0 heterocycles. The van der Waals surface area contributed by atoms with Gasteiger partial charge in [0.1, 0.15) is 0 Å². The van der Waals surface area contributed by atoms with Crippen LogP contribution >= 0.6 is 0 Å². The molecular weight excluding hydrogens is 736 g/mol. The van der Waals surface area contributed by atoms with Crippen LogP contribution in [0.1, 0.15) is 0 Å². The molecule has 0 fully saturated rings. The zero-order chi connectivity index (χ0) is 2.00. The van der Waals surface area contributed by atoms with E-state index in [0.717, 1.165) is 0 Å². The predicted octanol–water partition coefficient (Wildman–Crippen LogP) is -0.929. The van der Waals surface area contributed by atoms with Crippen molar-refractivity contribution in [3.8, 4) is 0 Å². The van der Waals surface area contributed by atoms with Crippen LogP contribution in [0.15, 0.2) is 0 Å². The summed E-state index contributed by atoms with van der Waals surface area (Å²) in [5.74, 6) is 0. The van der Waals surface area contributed by atoms with Crippen LogP contribution in [0.2, 0.25) is 0 Å². The van der Waals surface area contributed by atoms with Gasteiger partial charge in [-0.15, -0.1) is 0 Å². The first kappa shape index (κ1) is 40.6. The van der Waals surface area contributed by atoms with E-state index in [1.165, 1.54) is 0 Å². The van der Waals surface area contributed by atoms with Gasteiger partial charge in [0.15, 0.2) is 0 Å². The second-order valence-corrected chi connectivity index (χ2v) is 0. The summed E-state index contributed by atoms with van der Waals surface area (Å²) in [7, 11) is 0. The fourth-order valence-corrected chi connectivity index (χ4v) is 0. The molecule has 0 N–H and O–H groups in total. The smallest absolute Gasteiger partial charge is 0 e. The SMILES string of the molecule is [BH2][Re].[Co].[Cr].[Nd].[Pt].[Y]. The Hall–Kier alpha value is 4.91. The molecular formula is H2BCoCrNdPtReY. The first-order valence-corrected chi connectivity index (χ1v) is 3.09. The first-order chi connectivity index (χ1) is 1.00. The third-order valence-electron chi connectivity index (χ3n) is 0. The Morgan fingerprint density at radius 2 is 1.14 bits per heavy atom. The second-order valence-electron chi connectivity index (χ2n) is 0. The van der Waals surface area contributed by atoms with Gasteiger partial charge in [0.2, 0.25) is 0 Å². The fraction of sp³-hybridized carbons (Fsp3) is 0. The molecule has 7 heavy (non-hydrogen) atoms.